The van der Waals surface area contributed by atoms with Gasteiger partial charge in [0.25, 0.3) is 0 Å². The summed E-state index contributed by atoms with van der Waals surface area (Å²) in [5, 5.41) is 1.30. The average molecular weight is 147 g/mol. The molecule has 0 spiro atoms. The molecule has 2 rings (SSSR count). The SMILES string of the molecule is Cn1ccc2cc[n+](C)cc21. The molecule has 0 bridgehead atoms. The Hall–Kier alpha value is -1.31. The fraction of sp³-hybridized carbons (Fsp3) is 0.222. The molecular weight excluding hydrogens is 136 g/mol. The molecule has 0 aliphatic heterocycles. The summed E-state index contributed by atoms with van der Waals surface area (Å²) in [6.07, 6.45) is 6.25. The molecule has 0 fully saturated rings. The minimum absolute atomic E-state index is 1.27. The molecule has 2 heterocycles. The van der Waals surface area contributed by atoms with Gasteiger partial charge in [0.1, 0.15) is 12.6 Å². The van der Waals surface area contributed by atoms with E-state index in [1.54, 1.807) is 0 Å². The van der Waals surface area contributed by atoms with Crippen LogP contribution < -0.4 is 4.57 Å². The summed E-state index contributed by atoms with van der Waals surface area (Å²) in [6.45, 7) is 0. The monoisotopic (exact) mass is 147 g/mol. The largest absolute Gasteiger partial charge is 0.346 e. The molecule has 0 amide bonds. The van der Waals surface area contributed by atoms with Crippen LogP contribution in [0.1, 0.15) is 0 Å². The normalized spacial score (nSPS) is 10.7. The van der Waals surface area contributed by atoms with Crippen LogP contribution in [-0.4, -0.2) is 4.57 Å². The van der Waals surface area contributed by atoms with Crippen LogP contribution in [0.25, 0.3) is 10.9 Å². The van der Waals surface area contributed by atoms with Crippen LogP contribution in [0.4, 0.5) is 0 Å². The Morgan fingerprint density at radius 1 is 1.36 bits per heavy atom. The quantitative estimate of drug-likeness (QED) is 0.492. The molecule has 56 valence electrons. The van der Waals surface area contributed by atoms with Gasteiger partial charge >= 0.3 is 0 Å². The predicted molar refractivity (Wildman–Crippen MR) is 44.1 cm³/mol. The second-order valence-corrected chi connectivity index (χ2v) is 2.88. The molecule has 0 N–H and O–H groups in total. The van der Waals surface area contributed by atoms with Gasteiger partial charge in [0, 0.05) is 24.7 Å². The van der Waals surface area contributed by atoms with Crippen molar-refractivity contribution in [3.8, 4) is 0 Å². The molecule has 0 aliphatic rings. The van der Waals surface area contributed by atoms with Crippen LogP contribution in [-0.2, 0) is 14.1 Å². The van der Waals surface area contributed by atoms with Crippen molar-refractivity contribution in [3.63, 3.8) is 0 Å². The number of nitrogens with zero attached hydrogens (tertiary/aromatic N) is 2. The fourth-order valence-corrected chi connectivity index (χ4v) is 1.30. The lowest BCUT2D eigenvalue weighted by Gasteiger charge is -1.92. The lowest BCUT2D eigenvalue weighted by molar-refractivity contribution is -0.670. The van der Waals surface area contributed by atoms with E-state index in [9.17, 15) is 0 Å². The molecule has 0 saturated heterocycles. The minimum Gasteiger partial charge on any atom is -0.346 e. The minimum atomic E-state index is 1.27. The van der Waals surface area contributed by atoms with Gasteiger partial charge in [-0.25, -0.2) is 4.57 Å². The Labute approximate surface area is 65.7 Å². The Morgan fingerprint density at radius 3 is 3.00 bits per heavy atom. The van der Waals surface area contributed by atoms with Crippen LogP contribution >= 0.6 is 0 Å². The summed E-state index contributed by atoms with van der Waals surface area (Å²) in [4.78, 5) is 0. The highest BCUT2D eigenvalue weighted by molar-refractivity contribution is 5.77. The van der Waals surface area contributed by atoms with Gasteiger partial charge in [0.05, 0.1) is 0 Å². The predicted octanol–water partition coefficient (Wildman–Crippen LogP) is 1.00. The summed E-state index contributed by atoms with van der Waals surface area (Å²) >= 11 is 0. The summed E-state index contributed by atoms with van der Waals surface area (Å²) in [5.74, 6) is 0. The smallest absolute Gasteiger partial charge is 0.193 e. The number of aromatic nitrogens is 2. The van der Waals surface area contributed by atoms with Gasteiger partial charge in [-0.15, -0.1) is 0 Å². The zero-order valence-corrected chi connectivity index (χ0v) is 6.78. The topological polar surface area (TPSA) is 8.81 Å². The van der Waals surface area contributed by atoms with Crippen molar-refractivity contribution < 1.29 is 4.57 Å². The number of rotatable bonds is 0. The third-order valence-electron chi connectivity index (χ3n) is 1.97. The maximum Gasteiger partial charge on any atom is 0.193 e. The molecule has 2 aromatic heterocycles. The van der Waals surface area contributed by atoms with Gasteiger partial charge in [-0.2, -0.15) is 0 Å². The second kappa shape index (κ2) is 2.09. The molecule has 11 heavy (non-hydrogen) atoms. The van der Waals surface area contributed by atoms with Crippen molar-refractivity contribution in [2.24, 2.45) is 14.1 Å². The van der Waals surface area contributed by atoms with E-state index in [-0.39, 0.29) is 0 Å². The lowest BCUT2D eigenvalue weighted by Crippen LogP contribution is -2.26. The van der Waals surface area contributed by atoms with E-state index in [1.165, 1.54) is 10.9 Å². The molecule has 0 saturated carbocycles. The first kappa shape index (κ1) is 6.40. The summed E-state index contributed by atoms with van der Waals surface area (Å²) in [7, 11) is 4.09. The first-order valence-corrected chi connectivity index (χ1v) is 3.68. The van der Waals surface area contributed by atoms with Crippen LogP contribution in [0.2, 0.25) is 0 Å². The maximum atomic E-state index is 2.12. The molecule has 0 aromatic carbocycles. The molecule has 0 atom stereocenters. The van der Waals surface area contributed by atoms with Gasteiger partial charge in [-0.1, -0.05) is 0 Å². The Bertz CT molecular complexity index is 387. The first-order valence-electron chi connectivity index (χ1n) is 3.68. The maximum absolute atomic E-state index is 2.12. The first-order chi connectivity index (χ1) is 5.27. The molecule has 2 heteroatoms. The van der Waals surface area contributed by atoms with E-state index >= 15 is 0 Å². The van der Waals surface area contributed by atoms with E-state index in [0.717, 1.165) is 0 Å². The molecule has 0 radical (unpaired) electrons. The van der Waals surface area contributed by atoms with E-state index in [0.29, 0.717) is 0 Å². The van der Waals surface area contributed by atoms with Crippen LogP contribution in [0.3, 0.4) is 0 Å². The highest BCUT2D eigenvalue weighted by atomic mass is 15.0. The van der Waals surface area contributed by atoms with Gasteiger partial charge in [0.2, 0.25) is 0 Å². The molecular formula is C9H11N2+. The highest BCUT2D eigenvalue weighted by Crippen LogP contribution is 2.10. The summed E-state index contributed by atoms with van der Waals surface area (Å²) < 4.78 is 4.18. The fourth-order valence-electron chi connectivity index (χ4n) is 1.30. The zero-order valence-electron chi connectivity index (χ0n) is 6.78. The number of fused-ring (bicyclic) bond motifs is 1. The van der Waals surface area contributed by atoms with Crippen molar-refractivity contribution in [2.45, 2.75) is 0 Å². The van der Waals surface area contributed by atoms with Crippen LogP contribution in [0.5, 0.6) is 0 Å². The second-order valence-electron chi connectivity index (χ2n) is 2.88. The number of hydrogen-bond acceptors (Lipinski definition) is 0. The number of pyridine rings is 1. The van der Waals surface area contributed by atoms with Crippen molar-refractivity contribution in [1.82, 2.24) is 4.57 Å². The average Bonchev–Trinajstić information content (AvgIpc) is 2.33. The van der Waals surface area contributed by atoms with Gasteiger partial charge in [-0.05, 0) is 6.07 Å². The standard InChI is InChI=1S/C9H11N2/c1-10-5-3-8-4-6-11(2)9(8)7-10/h3-7H,1-2H3/q+1. The van der Waals surface area contributed by atoms with E-state index < -0.39 is 0 Å². The molecule has 2 aromatic rings. The van der Waals surface area contributed by atoms with E-state index in [2.05, 4.69) is 46.9 Å². The zero-order chi connectivity index (χ0) is 7.84. The highest BCUT2D eigenvalue weighted by Gasteiger charge is 2.00. The summed E-state index contributed by atoms with van der Waals surface area (Å²) in [6, 6.07) is 4.24. The number of hydrogen-bond donors (Lipinski definition) is 0. The lowest BCUT2D eigenvalue weighted by atomic mass is 10.3. The Kier molecular flexibility index (Phi) is 1.22. The summed E-state index contributed by atoms with van der Waals surface area (Å²) in [5.41, 5.74) is 1.27. The van der Waals surface area contributed by atoms with E-state index in [4.69, 9.17) is 0 Å². The molecule has 2 nitrogen and oxygen atoms in total. The van der Waals surface area contributed by atoms with Crippen molar-refractivity contribution in [1.29, 1.82) is 0 Å². The van der Waals surface area contributed by atoms with Gasteiger partial charge in [0.15, 0.2) is 12.4 Å². The molecule has 0 unspecified atom stereocenters. The van der Waals surface area contributed by atoms with Crippen LogP contribution in [0, 0.1) is 0 Å². The van der Waals surface area contributed by atoms with Crippen molar-refractivity contribution >= 4 is 10.9 Å². The third kappa shape index (κ3) is 0.909. The van der Waals surface area contributed by atoms with Crippen molar-refractivity contribution in [2.75, 3.05) is 0 Å². The van der Waals surface area contributed by atoms with E-state index in [1.807, 2.05) is 7.05 Å². The third-order valence-corrected chi connectivity index (χ3v) is 1.97. The van der Waals surface area contributed by atoms with Gasteiger partial charge in [-0.3, -0.25) is 0 Å². The number of aryl methyl sites for hydroxylation is 2. The Morgan fingerprint density at radius 2 is 2.18 bits per heavy atom. The Balaban J connectivity index is 2.87. The van der Waals surface area contributed by atoms with Gasteiger partial charge < -0.3 is 4.57 Å². The van der Waals surface area contributed by atoms with Crippen LogP contribution in [0.15, 0.2) is 30.7 Å². The van der Waals surface area contributed by atoms with Crippen molar-refractivity contribution in [3.05, 3.63) is 30.7 Å². The molecule has 0 aliphatic carbocycles.